The number of nitrogens with one attached hydrogen (secondary N) is 2. The fourth-order valence-corrected chi connectivity index (χ4v) is 4.93. The van der Waals surface area contributed by atoms with Crippen molar-refractivity contribution in [3.63, 3.8) is 0 Å². The molecule has 0 bridgehead atoms. The first-order valence-electron chi connectivity index (χ1n) is 13.0. The number of likely N-dealkylation sites (tertiary alicyclic amines) is 1. The molecule has 2 aliphatic rings. The van der Waals surface area contributed by atoms with Crippen LogP contribution < -0.4 is 5.32 Å². The Kier molecular flexibility index (Phi) is 6.35. The molecule has 1 aliphatic heterocycles. The molecule has 1 aromatic heterocycles. The topological polar surface area (TPSA) is 87.3 Å². The summed E-state index contributed by atoms with van der Waals surface area (Å²) < 4.78 is 5.59. The van der Waals surface area contributed by atoms with E-state index in [-0.39, 0.29) is 30.6 Å². The lowest BCUT2D eigenvalue weighted by molar-refractivity contribution is -0.122. The number of ether oxygens (including phenoxy) is 1. The minimum atomic E-state index is -0.305. The lowest BCUT2D eigenvalue weighted by Crippen LogP contribution is -2.31. The van der Waals surface area contributed by atoms with Crippen molar-refractivity contribution in [2.24, 2.45) is 5.92 Å². The van der Waals surface area contributed by atoms with Crippen molar-refractivity contribution < 1.29 is 14.3 Å². The maximum atomic E-state index is 12.8. The van der Waals surface area contributed by atoms with E-state index in [4.69, 9.17) is 9.72 Å². The summed E-state index contributed by atoms with van der Waals surface area (Å²) in [6, 6.07) is 24.1. The summed E-state index contributed by atoms with van der Waals surface area (Å²) in [4.78, 5) is 34.8. The van der Waals surface area contributed by atoms with Crippen molar-refractivity contribution in [3.8, 4) is 11.1 Å². The molecule has 1 aliphatic carbocycles. The maximum absolute atomic E-state index is 12.8. The van der Waals surface area contributed by atoms with E-state index in [1.165, 1.54) is 0 Å². The Balaban J connectivity index is 1.13. The molecule has 7 heteroatoms. The number of fused-ring (bicyclic) bond motifs is 1. The predicted molar refractivity (Wildman–Crippen MR) is 141 cm³/mol. The molecule has 1 atom stereocenters. The molecule has 1 saturated carbocycles. The molecule has 37 heavy (non-hydrogen) atoms. The monoisotopic (exact) mass is 494 g/mol. The van der Waals surface area contributed by atoms with Gasteiger partial charge in [0.15, 0.2) is 0 Å². The van der Waals surface area contributed by atoms with Crippen LogP contribution in [-0.2, 0) is 22.7 Å². The Morgan fingerprint density at radius 2 is 1.73 bits per heavy atom. The lowest BCUT2D eigenvalue weighted by atomic mass is 10.0. The van der Waals surface area contributed by atoms with Gasteiger partial charge in [-0.15, -0.1) is 0 Å². The second-order valence-electron chi connectivity index (χ2n) is 9.93. The van der Waals surface area contributed by atoms with Crippen molar-refractivity contribution in [2.45, 2.75) is 44.9 Å². The largest absolute Gasteiger partial charge is 0.445 e. The summed E-state index contributed by atoms with van der Waals surface area (Å²) in [5, 5.41) is 3.01. The highest BCUT2D eigenvalue weighted by Crippen LogP contribution is 2.33. The number of aromatic nitrogens is 2. The van der Waals surface area contributed by atoms with Gasteiger partial charge in [0.1, 0.15) is 12.4 Å². The highest BCUT2D eigenvalue weighted by molar-refractivity contribution is 5.82. The molecule has 7 nitrogen and oxygen atoms in total. The Morgan fingerprint density at radius 3 is 2.51 bits per heavy atom. The number of amides is 2. The minimum Gasteiger partial charge on any atom is -0.445 e. The summed E-state index contributed by atoms with van der Waals surface area (Å²) in [5.74, 6) is 1.18. The number of carbonyl (C=O) groups is 2. The van der Waals surface area contributed by atoms with E-state index < -0.39 is 0 Å². The van der Waals surface area contributed by atoms with Gasteiger partial charge in [0.25, 0.3) is 0 Å². The van der Waals surface area contributed by atoms with E-state index in [2.05, 4.69) is 46.7 Å². The zero-order valence-electron chi connectivity index (χ0n) is 20.7. The van der Waals surface area contributed by atoms with Crippen LogP contribution in [0.2, 0.25) is 0 Å². The van der Waals surface area contributed by atoms with Gasteiger partial charge in [0.05, 0.1) is 17.1 Å². The molecular weight excluding hydrogens is 464 g/mol. The quantitative estimate of drug-likeness (QED) is 0.344. The molecule has 0 radical (unpaired) electrons. The second kappa shape index (κ2) is 10.1. The summed E-state index contributed by atoms with van der Waals surface area (Å²) in [5.41, 5.74) is 6.06. The average molecular weight is 495 g/mol. The third-order valence-corrected chi connectivity index (χ3v) is 7.21. The SMILES string of the molecule is O=C(NCc1ccc(-c2ccc3nc([C@H]4CCCN4C(=O)OCc4ccccc4)[nH]c3c2)cc1)C1CC1. The van der Waals surface area contributed by atoms with Gasteiger partial charge in [-0.25, -0.2) is 9.78 Å². The molecule has 2 fully saturated rings. The molecule has 4 aromatic rings. The van der Waals surface area contributed by atoms with Gasteiger partial charge in [0, 0.05) is 19.0 Å². The van der Waals surface area contributed by atoms with Crippen LogP contribution in [0.5, 0.6) is 0 Å². The first kappa shape index (κ1) is 23.3. The van der Waals surface area contributed by atoms with Crippen molar-refractivity contribution in [1.29, 1.82) is 0 Å². The van der Waals surface area contributed by atoms with E-state index >= 15 is 0 Å². The van der Waals surface area contributed by atoms with Crippen molar-refractivity contribution in [2.75, 3.05) is 6.54 Å². The van der Waals surface area contributed by atoms with Gasteiger partial charge in [-0.2, -0.15) is 0 Å². The zero-order valence-corrected chi connectivity index (χ0v) is 20.7. The van der Waals surface area contributed by atoms with Crippen LogP contribution >= 0.6 is 0 Å². The zero-order chi connectivity index (χ0) is 25.2. The average Bonchev–Trinajstić information content (AvgIpc) is 3.52. The van der Waals surface area contributed by atoms with Gasteiger partial charge in [-0.05, 0) is 60.1 Å². The molecule has 0 unspecified atom stereocenters. The van der Waals surface area contributed by atoms with Gasteiger partial charge < -0.3 is 15.0 Å². The fraction of sp³-hybridized carbons (Fsp3) is 0.300. The Bertz CT molecular complexity index is 1410. The van der Waals surface area contributed by atoms with E-state index in [9.17, 15) is 9.59 Å². The smallest absolute Gasteiger partial charge is 0.410 e. The number of hydrogen-bond acceptors (Lipinski definition) is 4. The highest BCUT2D eigenvalue weighted by Gasteiger charge is 2.33. The molecule has 0 spiro atoms. The van der Waals surface area contributed by atoms with Crippen LogP contribution in [0.15, 0.2) is 72.8 Å². The third kappa shape index (κ3) is 5.21. The molecule has 6 rings (SSSR count). The molecule has 2 amide bonds. The molecule has 2 N–H and O–H groups in total. The number of H-pyrrole nitrogens is 1. The molecule has 2 heterocycles. The minimum absolute atomic E-state index is 0.121. The van der Waals surface area contributed by atoms with Gasteiger partial charge >= 0.3 is 6.09 Å². The maximum Gasteiger partial charge on any atom is 0.410 e. The predicted octanol–water partition coefficient (Wildman–Crippen LogP) is 5.73. The van der Waals surface area contributed by atoms with Crippen LogP contribution in [0.25, 0.3) is 22.2 Å². The van der Waals surface area contributed by atoms with Crippen LogP contribution in [0.4, 0.5) is 4.79 Å². The van der Waals surface area contributed by atoms with Crippen LogP contribution in [-0.4, -0.2) is 33.4 Å². The van der Waals surface area contributed by atoms with E-state index in [1.54, 1.807) is 4.90 Å². The van der Waals surface area contributed by atoms with Crippen molar-refractivity contribution in [1.82, 2.24) is 20.2 Å². The van der Waals surface area contributed by atoms with Crippen LogP contribution in [0.1, 0.15) is 48.7 Å². The van der Waals surface area contributed by atoms with Gasteiger partial charge in [-0.1, -0.05) is 60.7 Å². The number of hydrogen-bond donors (Lipinski definition) is 2. The Labute approximate surface area is 215 Å². The number of nitrogens with zero attached hydrogens (tertiary/aromatic N) is 2. The highest BCUT2D eigenvalue weighted by atomic mass is 16.6. The third-order valence-electron chi connectivity index (χ3n) is 7.21. The fourth-order valence-electron chi connectivity index (χ4n) is 4.93. The van der Waals surface area contributed by atoms with E-state index in [0.717, 1.165) is 64.8 Å². The van der Waals surface area contributed by atoms with Gasteiger partial charge in [-0.3, -0.25) is 9.69 Å². The number of carbonyl (C=O) groups excluding carboxylic acids is 2. The van der Waals surface area contributed by atoms with Crippen LogP contribution in [0, 0.1) is 5.92 Å². The first-order chi connectivity index (χ1) is 18.1. The molecule has 1 saturated heterocycles. The number of benzene rings is 3. The van der Waals surface area contributed by atoms with Crippen molar-refractivity contribution in [3.05, 3.63) is 89.7 Å². The number of rotatable bonds is 7. The summed E-state index contributed by atoms with van der Waals surface area (Å²) in [6.45, 7) is 1.48. The van der Waals surface area contributed by atoms with E-state index in [0.29, 0.717) is 13.1 Å². The van der Waals surface area contributed by atoms with Gasteiger partial charge in [0.2, 0.25) is 5.91 Å². The molecule has 3 aromatic carbocycles. The normalized spacial score (nSPS) is 17.2. The number of aromatic amines is 1. The Morgan fingerprint density at radius 1 is 0.946 bits per heavy atom. The summed E-state index contributed by atoms with van der Waals surface area (Å²) in [7, 11) is 0. The van der Waals surface area contributed by atoms with E-state index in [1.807, 2.05) is 36.4 Å². The van der Waals surface area contributed by atoms with Crippen molar-refractivity contribution >= 4 is 23.0 Å². The summed E-state index contributed by atoms with van der Waals surface area (Å²) in [6.07, 6.45) is 3.49. The Hall–Kier alpha value is -4.13. The first-order valence-corrected chi connectivity index (χ1v) is 13.0. The summed E-state index contributed by atoms with van der Waals surface area (Å²) >= 11 is 0. The second-order valence-corrected chi connectivity index (χ2v) is 9.93. The lowest BCUT2D eigenvalue weighted by Gasteiger charge is -2.22. The number of imidazole rings is 1. The standard InChI is InChI=1S/C30H30N4O3/c35-29(23-12-13-23)31-18-20-8-10-22(11-9-20)24-14-15-25-26(17-24)33-28(32-25)27-7-4-16-34(27)30(36)37-19-21-5-2-1-3-6-21/h1-3,5-6,8-11,14-15,17,23,27H,4,7,12-13,16,18-19H2,(H,31,35)(H,32,33)/t27-/m1/s1. The molecular formula is C30H30N4O3. The van der Waals surface area contributed by atoms with Crippen LogP contribution in [0.3, 0.4) is 0 Å². The molecule has 188 valence electrons.